The van der Waals surface area contributed by atoms with E-state index in [4.69, 9.17) is 0 Å². The van der Waals surface area contributed by atoms with Crippen molar-refractivity contribution in [2.24, 2.45) is 15.3 Å². The van der Waals surface area contributed by atoms with Crippen molar-refractivity contribution in [3.05, 3.63) is 44.4 Å². The van der Waals surface area contributed by atoms with Gasteiger partial charge in [-0.3, -0.25) is 15.5 Å². The number of hydrazone groups is 1. The molecule has 0 aliphatic rings. The Labute approximate surface area is 131 Å². The Morgan fingerprint density at radius 3 is 2.71 bits per heavy atom. The van der Waals surface area contributed by atoms with Crippen LogP contribution < -0.4 is 5.43 Å². The second-order valence-corrected chi connectivity index (χ2v) is 6.12. The van der Waals surface area contributed by atoms with Gasteiger partial charge in [-0.2, -0.15) is 5.10 Å². The van der Waals surface area contributed by atoms with Gasteiger partial charge in [-0.05, 0) is 35.0 Å². The molecule has 1 aromatic heterocycles. The van der Waals surface area contributed by atoms with Crippen molar-refractivity contribution in [3.63, 3.8) is 0 Å². The first kappa shape index (κ1) is 15.2. The van der Waals surface area contributed by atoms with Gasteiger partial charge in [0.1, 0.15) is 0 Å². The van der Waals surface area contributed by atoms with Crippen molar-refractivity contribution in [3.8, 4) is 0 Å². The number of aromatic nitrogens is 1. The van der Waals surface area contributed by atoms with E-state index in [1.165, 1.54) is 35.6 Å². The Morgan fingerprint density at radius 2 is 2.14 bits per heavy atom. The number of benzene rings is 1. The first-order valence-electron chi connectivity index (χ1n) is 5.62. The van der Waals surface area contributed by atoms with Gasteiger partial charge in [-0.25, -0.2) is 4.98 Å². The zero-order valence-corrected chi connectivity index (χ0v) is 13.1. The van der Waals surface area contributed by atoms with Crippen molar-refractivity contribution >= 4 is 49.6 Å². The number of amidine groups is 1. The first-order chi connectivity index (χ1) is 10.0. The third-order valence-corrected chi connectivity index (χ3v) is 3.54. The highest BCUT2D eigenvalue weighted by Crippen LogP contribution is 2.23. The number of thiazole rings is 1. The summed E-state index contributed by atoms with van der Waals surface area (Å²) in [4.78, 5) is 14.1. The van der Waals surface area contributed by atoms with Gasteiger partial charge in [0.15, 0.2) is 5.84 Å². The predicted octanol–water partition coefficient (Wildman–Crippen LogP) is 4.34. The molecule has 0 saturated heterocycles. The van der Waals surface area contributed by atoms with Gasteiger partial charge in [-0.15, -0.1) is 10.2 Å². The molecular weight excluding hydrogens is 360 g/mol. The van der Waals surface area contributed by atoms with Crippen LogP contribution in [0.3, 0.4) is 0 Å². The summed E-state index contributed by atoms with van der Waals surface area (Å²) < 4.78 is 0.894. The van der Waals surface area contributed by atoms with E-state index in [-0.39, 0.29) is 5.69 Å². The molecule has 1 aromatic carbocycles. The quantitative estimate of drug-likeness (QED) is 0.284. The van der Waals surface area contributed by atoms with Gasteiger partial charge in [-0.1, -0.05) is 11.3 Å². The van der Waals surface area contributed by atoms with Crippen LogP contribution in [0, 0.1) is 10.1 Å². The zero-order chi connectivity index (χ0) is 15.2. The molecule has 0 aliphatic heterocycles. The van der Waals surface area contributed by atoms with Crippen LogP contribution >= 0.6 is 27.3 Å². The maximum atomic E-state index is 10.5. The lowest BCUT2D eigenvalue weighted by molar-refractivity contribution is -0.384. The van der Waals surface area contributed by atoms with Crippen LogP contribution in [-0.2, 0) is 0 Å². The number of hydrogen-bond donors (Lipinski definition) is 1. The molecule has 0 atom stereocenters. The predicted molar refractivity (Wildman–Crippen MR) is 84.2 cm³/mol. The summed E-state index contributed by atoms with van der Waals surface area (Å²) in [6.07, 6.45) is 1.66. The highest BCUT2D eigenvalue weighted by atomic mass is 79.9. The largest absolute Gasteiger partial charge is 0.269 e. The Bertz CT molecular complexity index is 697. The highest BCUT2D eigenvalue weighted by Gasteiger charge is 2.03. The van der Waals surface area contributed by atoms with E-state index in [2.05, 4.69) is 41.7 Å². The molecule has 8 nitrogen and oxygen atoms in total. The maximum Gasteiger partial charge on any atom is 0.269 e. The van der Waals surface area contributed by atoms with E-state index in [0.717, 1.165) is 3.79 Å². The van der Waals surface area contributed by atoms with Crippen LogP contribution in [0.25, 0.3) is 0 Å². The number of nitrogens with one attached hydrogen (secondary N) is 1. The van der Waals surface area contributed by atoms with Crippen LogP contribution in [0.4, 0.5) is 16.5 Å². The van der Waals surface area contributed by atoms with Crippen molar-refractivity contribution in [1.82, 2.24) is 4.98 Å². The zero-order valence-electron chi connectivity index (χ0n) is 10.7. The summed E-state index contributed by atoms with van der Waals surface area (Å²) in [5, 5.41) is 23.0. The smallest absolute Gasteiger partial charge is 0.258 e. The van der Waals surface area contributed by atoms with E-state index in [1.54, 1.807) is 13.1 Å². The number of hydrogen-bond acceptors (Lipinski definition) is 7. The van der Waals surface area contributed by atoms with E-state index in [1.807, 2.05) is 0 Å². The van der Waals surface area contributed by atoms with Gasteiger partial charge in [0.05, 0.1) is 20.6 Å². The highest BCUT2D eigenvalue weighted by molar-refractivity contribution is 9.11. The van der Waals surface area contributed by atoms with Crippen molar-refractivity contribution < 1.29 is 4.92 Å². The molecule has 0 amide bonds. The number of azo groups is 1. The summed E-state index contributed by atoms with van der Waals surface area (Å²) in [7, 11) is 0. The van der Waals surface area contributed by atoms with E-state index < -0.39 is 4.92 Å². The van der Waals surface area contributed by atoms with Crippen molar-refractivity contribution in [2.75, 3.05) is 5.43 Å². The third-order valence-electron chi connectivity index (χ3n) is 2.16. The number of nitro benzene ring substituents is 1. The average Bonchev–Trinajstić information content (AvgIpc) is 2.89. The number of nitrogens with zero attached hydrogens (tertiary/aromatic N) is 5. The normalized spacial score (nSPS) is 11.8. The number of rotatable bonds is 4. The van der Waals surface area contributed by atoms with Gasteiger partial charge < -0.3 is 0 Å². The Hall–Kier alpha value is -2.20. The van der Waals surface area contributed by atoms with Gasteiger partial charge in [0.2, 0.25) is 5.13 Å². The van der Waals surface area contributed by atoms with Crippen LogP contribution in [-0.4, -0.2) is 15.7 Å². The summed E-state index contributed by atoms with van der Waals surface area (Å²) in [6, 6.07) is 5.76. The molecule has 10 heteroatoms. The first-order valence-corrected chi connectivity index (χ1v) is 7.23. The number of nitro groups is 1. The minimum Gasteiger partial charge on any atom is -0.258 e. The lowest BCUT2D eigenvalue weighted by Gasteiger charge is -1.95. The molecule has 108 valence electrons. The van der Waals surface area contributed by atoms with Gasteiger partial charge in [0, 0.05) is 12.1 Å². The minimum absolute atomic E-state index is 0.00959. The number of halogens is 1. The molecule has 0 bridgehead atoms. The summed E-state index contributed by atoms with van der Waals surface area (Å²) in [5.74, 6) is 0.402. The standard InChI is InChI=1S/C11H9BrN6O2S/c1-7(15-17-11-13-6-10(12)21-11)14-16-8-2-4-9(5-3-8)18(19)20/h2-6H,1H3,(H,13,17). The van der Waals surface area contributed by atoms with Gasteiger partial charge in [0.25, 0.3) is 5.69 Å². The summed E-state index contributed by atoms with van der Waals surface area (Å²) in [5.41, 5.74) is 3.26. The molecule has 0 unspecified atom stereocenters. The van der Waals surface area contributed by atoms with Crippen LogP contribution in [0.2, 0.25) is 0 Å². The van der Waals surface area contributed by atoms with Crippen LogP contribution in [0.15, 0.2) is 49.6 Å². The number of anilines is 1. The number of non-ortho nitro benzene ring substituents is 1. The molecule has 0 spiro atoms. The lowest BCUT2D eigenvalue weighted by Crippen LogP contribution is -1.93. The third kappa shape index (κ3) is 4.68. The van der Waals surface area contributed by atoms with E-state index >= 15 is 0 Å². The fourth-order valence-electron chi connectivity index (χ4n) is 1.23. The average molecular weight is 369 g/mol. The van der Waals surface area contributed by atoms with E-state index in [9.17, 15) is 10.1 Å². The summed E-state index contributed by atoms with van der Waals surface area (Å²) >= 11 is 4.69. The lowest BCUT2D eigenvalue weighted by atomic mass is 10.3. The molecular formula is C11H9BrN6O2S. The molecule has 0 radical (unpaired) electrons. The fraction of sp³-hybridized carbons (Fsp3) is 0.0909. The second kappa shape index (κ2) is 6.99. The topological polar surface area (TPSA) is 105 Å². The molecule has 0 fully saturated rings. The second-order valence-electron chi connectivity index (χ2n) is 3.71. The summed E-state index contributed by atoms with van der Waals surface area (Å²) in [6.45, 7) is 1.67. The molecule has 0 saturated carbocycles. The van der Waals surface area contributed by atoms with Crippen LogP contribution in [0.1, 0.15) is 6.92 Å². The Morgan fingerprint density at radius 1 is 1.43 bits per heavy atom. The maximum absolute atomic E-state index is 10.5. The van der Waals surface area contributed by atoms with E-state index in [0.29, 0.717) is 16.7 Å². The Balaban J connectivity index is 1.97. The molecule has 0 aliphatic carbocycles. The SMILES string of the molecule is CC(N=Nc1ccc([N+](=O)[O-])cc1)=NNc1ncc(Br)s1. The fourth-order valence-corrected chi connectivity index (χ4v) is 2.28. The monoisotopic (exact) mass is 368 g/mol. The molecule has 2 rings (SSSR count). The minimum atomic E-state index is -0.469. The Kier molecular flexibility index (Phi) is 5.06. The molecule has 1 heterocycles. The molecule has 2 aromatic rings. The van der Waals surface area contributed by atoms with Gasteiger partial charge >= 0.3 is 0 Å². The molecule has 1 N–H and O–H groups in total. The van der Waals surface area contributed by atoms with Crippen molar-refractivity contribution in [2.45, 2.75) is 6.92 Å². The van der Waals surface area contributed by atoms with Crippen LogP contribution in [0.5, 0.6) is 0 Å². The van der Waals surface area contributed by atoms with Crippen molar-refractivity contribution in [1.29, 1.82) is 0 Å². The molecule has 21 heavy (non-hydrogen) atoms.